The maximum Gasteiger partial charge on any atom is 0.255 e. The summed E-state index contributed by atoms with van der Waals surface area (Å²) in [4.78, 5) is 30.5. The lowest BCUT2D eigenvalue weighted by molar-refractivity contribution is 0.102. The van der Waals surface area contributed by atoms with Crippen molar-refractivity contribution in [2.24, 2.45) is 0 Å². The summed E-state index contributed by atoms with van der Waals surface area (Å²) in [5, 5.41) is 7.51. The third-order valence-electron chi connectivity index (χ3n) is 7.39. The molecule has 2 bridgehead atoms. The Kier molecular flexibility index (Phi) is 5.92. The second kappa shape index (κ2) is 9.72. The van der Waals surface area contributed by atoms with Crippen molar-refractivity contribution in [2.75, 3.05) is 18.4 Å². The van der Waals surface area contributed by atoms with Gasteiger partial charge in [-0.05, 0) is 53.9 Å². The van der Waals surface area contributed by atoms with Crippen LogP contribution in [0.1, 0.15) is 22.3 Å². The van der Waals surface area contributed by atoms with E-state index in [2.05, 4.69) is 26.6 Å². The zero-order chi connectivity index (χ0) is 25.5. The number of fused-ring (bicyclic) bond motifs is 3. The number of amides is 1. The second-order valence-corrected chi connectivity index (χ2v) is 10.9. The first kappa shape index (κ1) is 23.2. The number of para-hydroxylation sites is 1. The number of nitrogens with zero attached hydrogens (tertiary/aromatic N) is 4. The molecule has 1 amide bonds. The van der Waals surface area contributed by atoms with Crippen molar-refractivity contribution in [3.05, 3.63) is 96.4 Å². The quantitative estimate of drug-likeness (QED) is 0.321. The molecule has 0 aliphatic carbocycles. The van der Waals surface area contributed by atoms with Crippen molar-refractivity contribution < 1.29 is 4.79 Å². The lowest BCUT2D eigenvalue weighted by Gasteiger charge is -2.27. The summed E-state index contributed by atoms with van der Waals surface area (Å²) < 4.78 is 0. The predicted molar refractivity (Wildman–Crippen MR) is 151 cm³/mol. The average Bonchev–Trinajstić information content (AvgIpc) is 3.70. The third-order valence-corrected chi connectivity index (χ3v) is 8.40. The molecule has 0 unspecified atom stereocenters. The SMILES string of the molecule is O=C(Nc1ccccc1-c1nc2cc(CN3C[C@@H]4C[C@H]3CN4)cnc2s1)c1cccc(-c2cccnc2)c1. The topological polar surface area (TPSA) is 83.0 Å². The molecule has 7 nitrogen and oxygen atoms in total. The lowest BCUT2D eigenvalue weighted by Crippen LogP contribution is -2.42. The number of anilines is 1. The molecular formula is C30H26N6OS. The zero-order valence-corrected chi connectivity index (χ0v) is 21.5. The predicted octanol–water partition coefficient (Wildman–Crippen LogP) is 5.22. The molecule has 2 aliphatic rings. The number of aromatic nitrogens is 3. The first-order valence-corrected chi connectivity index (χ1v) is 13.7. The summed E-state index contributed by atoms with van der Waals surface area (Å²) in [6.07, 6.45) is 6.76. The molecule has 5 heterocycles. The highest BCUT2D eigenvalue weighted by Crippen LogP contribution is 2.35. The van der Waals surface area contributed by atoms with Crippen molar-refractivity contribution >= 4 is 33.3 Å². The molecule has 3 aromatic heterocycles. The van der Waals surface area contributed by atoms with Crippen LogP contribution in [0.25, 0.3) is 32.0 Å². The van der Waals surface area contributed by atoms with Crippen LogP contribution in [0.5, 0.6) is 0 Å². The fourth-order valence-electron chi connectivity index (χ4n) is 5.49. The molecule has 2 N–H and O–H groups in total. The van der Waals surface area contributed by atoms with Crippen molar-refractivity contribution in [3.63, 3.8) is 0 Å². The Bertz CT molecular complexity index is 1630. The van der Waals surface area contributed by atoms with E-state index < -0.39 is 0 Å². The number of carbonyl (C=O) groups excluding carboxylic acids is 1. The number of hydrogen-bond acceptors (Lipinski definition) is 7. The second-order valence-electron chi connectivity index (χ2n) is 9.93. The smallest absolute Gasteiger partial charge is 0.255 e. The fraction of sp³-hybridized carbons (Fsp3) is 0.200. The van der Waals surface area contributed by atoms with Crippen LogP contribution in [0, 0.1) is 0 Å². The van der Waals surface area contributed by atoms with Gasteiger partial charge in [0.25, 0.3) is 5.91 Å². The molecule has 2 saturated heterocycles. The number of pyridine rings is 2. The fourth-order valence-corrected chi connectivity index (χ4v) is 6.42. The number of piperazine rings is 1. The Morgan fingerprint density at radius 3 is 2.82 bits per heavy atom. The van der Waals surface area contributed by atoms with Gasteiger partial charge in [0.05, 0.1) is 5.69 Å². The molecule has 0 saturated carbocycles. The number of rotatable bonds is 6. The molecule has 2 fully saturated rings. The number of likely N-dealkylation sites (tertiary alicyclic amines) is 1. The van der Waals surface area contributed by atoms with Crippen LogP contribution in [0.3, 0.4) is 0 Å². The molecule has 2 aromatic carbocycles. The highest BCUT2D eigenvalue weighted by Gasteiger charge is 2.37. The normalized spacial score (nSPS) is 18.7. The van der Waals surface area contributed by atoms with Gasteiger partial charge in [-0.25, -0.2) is 9.97 Å². The zero-order valence-electron chi connectivity index (χ0n) is 20.7. The highest BCUT2D eigenvalue weighted by atomic mass is 32.1. The van der Waals surface area contributed by atoms with Gasteiger partial charge >= 0.3 is 0 Å². The van der Waals surface area contributed by atoms with E-state index in [1.54, 1.807) is 23.7 Å². The molecule has 38 heavy (non-hydrogen) atoms. The summed E-state index contributed by atoms with van der Waals surface area (Å²) in [7, 11) is 0. The van der Waals surface area contributed by atoms with Crippen LogP contribution in [-0.2, 0) is 6.54 Å². The van der Waals surface area contributed by atoms with E-state index >= 15 is 0 Å². The minimum absolute atomic E-state index is 0.167. The highest BCUT2D eigenvalue weighted by molar-refractivity contribution is 7.21. The van der Waals surface area contributed by atoms with Crippen LogP contribution >= 0.6 is 11.3 Å². The average molecular weight is 519 g/mol. The Labute approximate surface area is 224 Å². The molecule has 0 radical (unpaired) electrons. The van der Waals surface area contributed by atoms with E-state index in [0.717, 1.165) is 57.4 Å². The maximum absolute atomic E-state index is 13.3. The lowest BCUT2D eigenvalue weighted by atomic mass is 10.0. The summed E-state index contributed by atoms with van der Waals surface area (Å²) in [5.41, 5.74) is 6.21. The van der Waals surface area contributed by atoms with E-state index in [1.807, 2.05) is 66.9 Å². The van der Waals surface area contributed by atoms with Crippen molar-refractivity contribution in [1.29, 1.82) is 0 Å². The monoisotopic (exact) mass is 518 g/mol. The Morgan fingerprint density at radius 2 is 1.97 bits per heavy atom. The standard InChI is InChI=1S/C30H26N6OS/c37-28(21-6-3-5-20(12-21)22-7-4-10-31-15-22)34-26-9-2-1-8-25(26)29-35-27-11-19(14-33-30(27)38-29)17-36-18-23-13-24(36)16-32-23/h1-12,14-15,23-24,32H,13,16-18H2,(H,34,37)/t23-,24-/m0/s1. The van der Waals surface area contributed by atoms with E-state index in [1.165, 1.54) is 12.0 Å². The molecule has 2 aliphatic heterocycles. The van der Waals surface area contributed by atoms with Crippen molar-refractivity contribution in [3.8, 4) is 21.7 Å². The van der Waals surface area contributed by atoms with E-state index in [4.69, 9.17) is 9.97 Å². The summed E-state index contributed by atoms with van der Waals surface area (Å²) in [6.45, 7) is 3.09. The maximum atomic E-state index is 13.3. The Morgan fingerprint density at radius 1 is 1.05 bits per heavy atom. The molecule has 8 heteroatoms. The van der Waals surface area contributed by atoms with Gasteiger partial charge in [-0.15, -0.1) is 0 Å². The van der Waals surface area contributed by atoms with Gasteiger partial charge in [0.15, 0.2) is 0 Å². The van der Waals surface area contributed by atoms with Gasteiger partial charge in [-0.2, -0.15) is 0 Å². The van der Waals surface area contributed by atoms with E-state index in [0.29, 0.717) is 17.6 Å². The molecule has 5 aromatic rings. The van der Waals surface area contributed by atoms with Gasteiger partial charge in [0, 0.05) is 67.0 Å². The van der Waals surface area contributed by atoms with Gasteiger partial charge in [0.1, 0.15) is 15.4 Å². The summed E-state index contributed by atoms with van der Waals surface area (Å²) in [5.74, 6) is -0.167. The summed E-state index contributed by atoms with van der Waals surface area (Å²) in [6, 6.07) is 22.7. The molecule has 7 rings (SSSR count). The Balaban J connectivity index is 1.13. The van der Waals surface area contributed by atoms with E-state index in [-0.39, 0.29) is 5.91 Å². The molecule has 2 atom stereocenters. The van der Waals surface area contributed by atoms with Crippen LogP contribution in [0.4, 0.5) is 5.69 Å². The third kappa shape index (κ3) is 4.47. The number of nitrogens with one attached hydrogen (secondary N) is 2. The van der Waals surface area contributed by atoms with Gasteiger partial charge in [0.2, 0.25) is 0 Å². The number of thiazole rings is 1. The first-order valence-electron chi connectivity index (χ1n) is 12.8. The van der Waals surface area contributed by atoms with Gasteiger partial charge in [-0.3, -0.25) is 14.7 Å². The minimum atomic E-state index is -0.167. The largest absolute Gasteiger partial charge is 0.321 e. The van der Waals surface area contributed by atoms with Crippen molar-refractivity contribution in [1.82, 2.24) is 25.2 Å². The Hall–Kier alpha value is -3.98. The van der Waals surface area contributed by atoms with Crippen molar-refractivity contribution in [2.45, 2.75) is 25.0 Å². The molecule has 188 valence electrons. The van der Waals surface area contributed by atoms with E-state index in [9.17, 15) is 4.79 Å². The number of benzene rings is 2. The number of hydrogen-bond donors (Lipinski definition) is 2. The molecule has 0 spiro atoms. The van der Waals surface area contributed by atoms with Crippen LogP contribution in [-0.4, -0.2) is 50.9 Å². The summed E-state index contributed by atoms with van der Waals surface area (Å²) >= 11 is 1.55. The molecular weight excluding hydrogens is 492 g/mol. The first-order chi connectivity index (χ1) is 18.7. The van der Waals surface area contributed by atoms with Gasteiger partial charge < -0.3 is 10.6 Å². The number of carbonyl (C=O) groups is 1. The van der Waals surface area contributed by atoms with Crippen LogP contribution < -0.4 is 10.6 Å². The van der Waals surface area contributed by atoms with Crippen LogP contribution in [0.15, 0.2) is 85.3 Å². The minimum Gasteiger partial charge on any atom is -0.321 e. The van der Waals surface area contributed by atoms with Gasteiger partial charge in [-0.1, -0.05) is 41.7 Å². The van der Waals surface area contributed by atoms with Crippen LogP contribution in [0.2, 0.25) is 0 Å².